The van der Waals surface area contributed by atoms with Crippen LogP contribution >= 0.6 is 11.3 Å². The SMILES string of the molecule is O=S(=O)(NCC(c1ccsc1)N1CCCC1)C1CCCCC1. The van der Waals surface area contributed by atoms with Crippen LogP contribution in [0.1, 0.15) is 56.6 Å². The van der Waals surface area contributed by atoms with Crippen LogP contribution < -0.4 is 4.72 Å². The van der Waals surface area contributed by atoms with Crippen LogP contribution in [0.4, 0.5) is 0 Å². The molecule has 0 bridgehead atoms. The van der Waals surface area contributed by atoms with Gasteiger partial charge in [0.2, 0.25) is 10.0 Å². The Bertz CT molecular complexity index is 545. The molecule has 22 heavy (non-hydrogen) atoms. The monoisotopic (exact) mass is 342 g/mol. The Hall–Kier alpha value is -0.430. The first kappa shape index (κ1) is 16.4. The van der Waals surface area contributed by atoms with Gasteiger partial charge in [-0.05, 0) is 61.2 Å². The van der Waals surface area contributed by atoms with Crippen molar-refractivity contribution in [2.45, 2.75) is 56.2 Å². The van der Waals surface area contributed by atoms with E-state index >= 15 is 0 Å². The van der Waals surface area contributed by atoms with E-state index in [0.717, 1.165) is 38.8 Å². The van der Waals surface area contributed by atoms with Gasteiger partial charge in [-0.15, -0.1) is 0 Å². The summed E-state index contributed by atoms with van der Waals surface area (Å²) >= 11 is 1.68. The summed E-state index contributed by atoms with van der Waals surface area (Å²) in [5.74, 6) is 0. The summed E-state index contributed by atoms with van der Waals surface area (Å²) < 4.78 is 28.0. The van der Waals surface area contributed by atoms with Crippen LogP contribution in [-0.2, 0) is 10.0 Å². The number of thiophene rings is 1. The van der Waals surface area contributed by atoms with E-state index in [1.54, 1.807) is 11.3 Å². The van der Waals surface area contributed by atoms with Gasteiger partial charge in [-0.1, -0.05) is 19.3 Å². The fourth-order valence-corrected chi connectivity index (χ4v) is 5.95. The van der Waals surface area contributed by atoms with Crippen molar-refractivity contribution in [3.05, 3.63) is 22.4 Å². The molecule has 0 amide bonds. The number of nitrogens with zero attached hydrogens (tertiary/aromatic N) is 1. The molecular weight excluding hydrogens is 316 g/mol. The molecule has 4 nitrogen and oxygen atoms in total. The van der Waals surface area contributed by atoms with Crippen LogP contribution in [0.2, 0.25) is 0 Å². The fraction of sp³-hybridized carbons (Fsp3) is 0.750. The van der Waals surface area contributed by atoms with Crippen LogP contribution in [0.3, 0.4) is 0 Å². The molecule has 1 atom stereocenters. The van der Waals surface area contributed by atoms with Crippen molar-refractivity contribution in [3.8, 4) is 0 Å². The first-order valence-electron chi connectivity index (χ1n) is 8.41. The molecule has 3 rings (SSSR count). The van der Waals surface area contributed by atoms with E-state index in [1.165, 1.54) is 24.8 Å². The Balaban J connectivity index is 1.65. The van der Waals surface area contributed by atoms with Gasteiger partial charge in [0.1, 0.15) is 0 Å². The fourth-order valence-electron chi connectivity index (χ4n) is 3.66. The van der Waals surface area contributed by atoms with Gasteiger partial charge < -0.3 is 0 Å². The molecule has 2 fully saturated rings. The molecular formula is C16H26N2O2S2. The van der Waals surface area contributed by atoms with Gasteiger partial charge in [-0.2, -0.15) is 11.3 Å². The Morgan fingerprint density at radius 3 is 2.55 bits per heavy atom. The molecule has 2 heterocycles. The van der Waals surface area contributed by atoms with Gasteiger partial charge in [0.25, 0.3) is 0 Å². The average Bonchev–Trinajstić information content (AvgIpc) is 3.22. The van der Waals surface area contributed by atoms with E-state index in [2.05, 4.69) is 26.4 Å². The molecule has 0 spiro atoms. The quantitative estimate of drug-likeness (QED) is 0.864. The van der Waals surface area contributed by atoms with Crippen molar-refractivity contribution in [2.24, 2.45) is 0 Å². The van der Waals surface area contributed by atoms with Gasteiger partial charge in [0, 0.05) is 12.6 Å². The minimum Gasteiger partial charge on any atom is -0.295 e. The molecule has 1 saturated carbocycles. The van der Waals surface area contributed by atoms with E-state index in [4.69, 9.17) is 0 Å². The van der Waals surface area contributed by atoms with E-state index < -0.39 is 10.0 Å². The minimum atomic E-state index is -3.17. The van der Waals surface area contributed by atoms with E-state index in [0.29, 0.717) is 6.54 Å². The van der Waals surface area contributed by atoms with Gasteiger partial charge >= 0.3 is 0 Å². The standard InChI is InChI=1S/C16H26N2O2S2/c19-22(20,15-6-2-1-3-7-15)17-12-16(14-8-11-21-13-14)18-9-4-5-10-18/h8,11,13,15-17H,1-7,9-10,12H2. The van der Waals surface area contributed by atoms with Crippen molar-refractivity contribution in [1.29, 1.82) is 0 Å². The van der Waals surface area contributed by atoms with Crippen molar-refractivity contribution < 1.29 is 8.42 Å². The molecule has 1 aromatic heterocycles. The molecule has 1 aliphatic carbocycles. The van der Waals surface area contributed by atoms with Crippen molar-refractivity contribution >= 4 is 21.4 Å². The Morgan fingerprint density at radius 2 is 1.91 bits per heavy atom. The summed E-state index contributed by atoms with van der Waals surface area (Å²) in [6.45, 7) is 2.66. The topological polar surface area (TPSA) is 49.4 Å². The lowest BCUT2D eigenvalue weighted by molar-refractivity contribution is 0.246. The normalized spacial score (nSPS) is 22.9. The van der Waals surface area contributed by atoms with Gasteiger partial charge in [-0.25, -0.2) is 13.1 Å². The second kappa shape index (κ2) is 7.43. The Labute approximate surface area is 138 Å². The molecule has 2 aliphatic rings. The van der Waals surface area contributed by atoms with Gasteiger partial charge in [-0.3, -0.25) is 4.90 Å². The summed E-state index contributed by atoms with van der Waals surface area (Å²) in [7, 11) is -3.17. The number of hydrogen-bond donors (Lipinski definition) is 1. The number of nitrogens with one attached hydrogen (secondary N) is 1. The molecule has 1 N–H and O–H groups in total. The zero-order valence-corrected chi connectivity index (χ0v) is 14.7. The summed E-state index contributed by atoms with van der Waals surface area (Å²) in [4.78, 5) is 2.42. The molecule has 0 radical (unpaired) electrons. The lowest BCUT2D eigenvalue weighted by Gasteiger charge is -2.29. The van der Waals surface area contributed by atoms with Crippen molar-refractivity contribution in [2.75, 3.05) is 19.6 Å². The number of rotatable bonds is 6. The van der Waals surface area contributed by atoms with Crippen LogP contribution in [0.5, 0.6) is 0 Å². The van der Waals surface area contributed by atoms with Gasteiger partial charge in [0.05, 0.1) is 5.25 Å². The van der Waals surface area contributed by atoms with Crippen LogP contribution in [0.15, 0.2) is 16.8 Å². The van der Waals surface area contributed by atoms with Crippen LogP contribution in [0, 0.1) is 0 Å². The highest BCUT2D eigenvalue weighted by Gasteiger charge is 2.30. The third-order valence-electron chi connectivity index (χ3n) is 4.98. The zero-order chi connectivity index (χ0) is 15.4. The van der Waals surface area contributed by atoms with Crippen LogP contribution in [0.25, 0.3) is 0 Å². The molecule has 1 aliphatic heterocycles. The van der Waals surface area contributed by atoms with E-state index in [9.17, 15) is 8.42 Å². The maximum atomic E-state index is 12.5. The second-order valence-corrected chi connectivity index (χ2v) is 9.29. The Morgan fingerprint density at radius 1 is 1.18 bits per heavy atom. The average molecular weight is 343 g/mol. The third kappa shape index (κ3) is 3.91. The minimum absolute atomic E-state index is 0.178. The largest absolute Gasteiger partial charge is 0.295 e. The van der Waals surface area contributed by atoms with E-state index in [1.807, 2.05) is 0 Å². The molecule has 1 aromatic rings. The lowest BCUT2D eigenvalue weighted by atomic mass is 10.0. The smallest absolute Gasteiger partial charge is 0.214 e. The first-order valence-corrected chi connectivity index (χ1v) is 10.9. The maximum Gasteiger partial charge on any atom is 0.214 e. The summed E-state index contributed by atoms with van der Waals surface area (Å²) in [6.07, 6.45) is 7.35. The van der Waals surface area contributed by atoms with Gasteiger partial charge in [0.15, 0.2) is 0 Å². The highest BCUT2D eigenvalue weighted by Crippen LogP contribution is 2.27. The summed E-state index contributed by atoms with van der Waals surface area (Å²) in [5, 5.41) is 4.05. The molecule has 0 aromatic carbocycles. The molecule has 1 unspecified atom stereocenters. The molecule has 6 heteroatoms. The summed E-state index contributed by atoms with van der Waals surface area (Å²) in [5.41, 5.74) is 1.25. The highest BCUT2D eigenvalue weighted by molar-refractivity contribution is 7.90. The predicted molar refractivity (Wildman–Crippen MR) is 91.7 cm³/mol. The maximum absolute atomic E-state index is 12.5. The second-order valence-electron chi connectivity index (χ2n) is 6.47. The molecule has 1 saturated heterocycles. The predicted octanol–water partition coefficient (Wildman–Crippen LogP) is 3.14. The third-order valence-corrected chi connectivity index (χ3v) is 7.60. The zero-order valence-electron chi connectivity index (χ0n) is 13.0. The van der Waals surface area contributed by atoms with Crippen LogP contribution in [-0.4, -0.2) is 38.2 Å². The number of hydrogen-bond acceptors (Lipinski definition) is 4. The first-order chi connectivity index (χ1) is 10.7. The van der Waals surface area contributed by atoms with E-state index in [-0.39, 0.29) is 11.3 Å². The van der Waals surface area contributed by atoms with Crippen molar-refractivity contribution in [1.82, 2.24) is 9.62 Å². The molecule has 124 valence electrons. The Kier molecular flexibility index (Phi) is 5.55. The summed E-state index contributed by atoms with van der Waals surface area (Å²) in [6, 6.07) is 2.31. The number of sulfonamides is 1. The number of likely N-dealkylation sites (tertiary alicyclic amines) is 1. The van der Waals surface area contributed by atoms with Crippen molar-refractivity contribution in [3.63, 3.8) is 0 Å². The highest BCUT2D eigenvalue weighted by atomic mass is 32.2. The lowest BCUT2D eigenvalue weighted by Crippen LogP contribution is -2.41.